The number of esters is 1. The van der Waals surface area contributed by atoms with E-state index in [2.05, 4.69) is 4.74 Å². The first kappa shape index (κ1) is 39.9. The molecule has 1 atom stereocenters. The van der Waals surface area contributed by atoms with Crippen molar-refractivity contribution in [3.8, 4) is 5.75 Å². The highest BCUT2D eigenvalue weighted by Gasteiger charge is 2.93. The Bertz CT molecular complexity index is 1180. The fourth-order valence-electron chi connectivity index (χ4n) is 3.15. The van der Waals surface area contributed by atoms with Crippen LogP contribution in [0.15, 0.2) is 24.3 Å². The zero-order valence-corrected chi connectivity index (χ0v) is 23.2. The van der Waals surface area contributed by atoms with Crippen LogP contribution in [0.2, 0.25) is 0 Å². The molecule has 0 bridgehead atoms. The summed E-state index contributed by atoms with van der Waals surface area (Å²) in [7, 11) is 0. The lowest BCUT2D eigenvalue weighted by Gasteiger charge is -2.41. The van der Waals surface area contributed by atoms with Gasteiger partial charge in [-0.05, 0) is 51.8 Å². The van der Waals surface area contributed by atoms with Crippen LogP contribution < -0.4 is 10.1 Å². The quantitative estimate of drug-likeness (QED) is 0.132. The molecule has 0 spiro atoms. The first-order valence-corrected chi connectivity index (χ1v) is 12.1. The van der Waals surface area contributed by atoms with Crippen LogP contribution in [0.5, 0.6) is 5.75 Å². The van der Waals surface area contributed by atoms with E-state index in [0.717, 1.165) is 24.3 Å². The normalized spacial score (nSPS) is 15.0. The Morgan fingerprint density at radius 2 is 1.16 bits per heavy atom. The largest absolute Gasteiger partial charge is 0.513 e. The lowest BCUT2D eigenvalue weighted by atomic mass is 9.91. The molecule has 6 nitrogen and oxygen atoms in total. The second-order valence-electron chi connectivity index (χ2n) is 10.2. The number of hydrogen-bond donors (Lipinski definition) is 1. The van der Waals surface area contributed by atoms with Crippen LogP contribution >= 0.6 is 0 Å². The number of nitrogens with one attached hydrogen (secondary N) is 1. The summed E-state index contributed by atoms with van der Waals surface area (Å²) in [6.45, 7) is 2.13. The van der Waals surface area contributed by atoms with E-state index in [-0.39, 0.29) is 17.9 Å². The van der Waals surface area contributed by atoms with Gasteiger partial charge in [0, 0.05) is 0 Å². The van der Waals surface area contributed by atoms with E-state index < -0.39 is 78.4 Å². The van der Waals surface area contributed by atoms with Crippen molar-refractivity contribution in [2.24, 2.45) is 0 Å². The molecule has 0 aliphatic carbocycles. The monoisotopic (exact) mass is 691 g/mol. The van der Waals surface area contributed by atoms with Crippen LogP contribution in [0.1, 0.15) is 33.3 Å². The molecule has 0 amide bonds. The van der Waals surface area contributed by atoms with Crippen molar-refractivity contribution in [3.05, 3.63) is 29.8 Å². The number of carbonyl (C=O) groups is 2. The maximum atomic E-state index is 14.4. The molecule has 0 unspecified atom stereocenters. The van der Waals surface area contributed by atoms with Crippen molar-refractivity contribution in [2.45, 2.75) is 87.5 Å². The molecule has 0 fully saturated rings. The summed E-state index contributed by atoms with van der Waals surface area (Å²) in [5.74, 6) is -49.2. The van der Waals surface area contributed by atoms with E-state index >= 15 is 0 Å². The number of alkyl halides is 15. The van der Waals surface area contributed by atoms with Crippen molar-refractivity contribution < 1.29 is 89.7 Å². The van der Waals surface area contributed by atoms with Gasteiger partial charge in [0.05, 0.1) is 13.2 Å². The highest BCUT2D eigenvalue weighted by Crippen LogP contribution is 2.62. The molecule has 1 aromatic rings. The van der Waals surface area contributed by atoms with Crippen molar-refractivity contribution >= 4 is 12.1 Å². The molecule has 0 aliphatic rings. The third-order valence-corrected chi connectivity index (χ3v) is 5.48. The third-order valence-electron chi connectivity index (χ3n) is 5.48. The van der Waals surface area contributed by atoms with Crippen LogP contribution in [-0.2, 0) is 20.7 Å². The second kappa shape index (κ2) is 12.9. The molecule has 0 radical (unpaired) electrons. The van der Waals surface area contributed by atoms with Gasteiger partial charge in [-0.25, -0.2) is 4.79 Å². The van der Waals surface area contributed by atoms with E-state index in [0.29, 0.717) is 0 Å². The number of hydrogen-bond acceptors (Lipinski definition) is 6. The van der Waals surface area contributed by atoms with Gasteiger partial charge in [0.15, 0.2) is 0 Å². The molecular weight excluding hydrogens is 667 g/mol. The fraction of sp³-hybridized carbons (Fsp3) is 0.667. The first-order valence-electron chi connectivity index (χ1n) is 12.1. The Morgan fingerprint density at radius 3 is 1.58 bits per heavy atom. The lowest BCUT2D eigenvalue weighted by molar-refractivity contribution is -0.452. The Hall–Kier alpha value is -3.13. The molecule has 0 heterocycles. The topological polar surface area (TPSA) is 73.9 Å². The Kier molecular flexibility index (Phi) is 11.5. The van der Waals surface area contributed by atoms with Gasteiger partial charge in [-0.15, -0.1) is 0 Å². The van der Waals surface area contributed by atoms with Gasteiger partial charge in [0.1, 0.15) is 17.4 Å². The highest BCUT2D eigenvalue weighted by molar-refractivity contribution is 5.76. The van der Waals surface area contributed by atoms with Crippen molar-refractivity contribution in [1.82, 2.24) is 5.32 Å². The smallest absolute Gasteiger partial charge is 0.459 e. The lowest BCUT2D eigenvalue weighted by Crippen LogP contribution is -2.73. The molecule has 0 saturated carbocycles. The minimum atomic E-state index is -8.43. The van der Waals surface area contributed by atoms with Crippen molar-refractivity contribution in [3.63, 3.8) is 0 Å². The summed E-state index contributed by atoms with van der Waals surface area (Å²) in [5.41, 5.74) is -1.47. The third kappa shape index (κ3) is 8.18. The predicted octanol–water partition coefficient (Wildman–Crippen LogP) is 7.44. The van der Waals surface area contributed by atoms with E-state index in [9.17, 15) is 75.4 Å². The molecule has 0 saturated heterocycles. The number of halogens is 15. The van der Waals surface area contributed by atoms with Gasteiger partial charge in [-0.3, -0.25) is 10.1 Å². The molecule has 21 heteroatoms. The van der Waals surface area contributed by atoms with Gasteiger partial charge in [0.2, 0.25) is 0 Å². The summed E-state index contributed by atoms with van der Waals surface area (Å²) < 4.78 is 216. The van der Waals surface area contributed by atoms with Crippen LogP contribution in [0.25, 0.3) is 0 Å². The maximum absolute atomic E-state index is 14.4. The average molecular weight is 691 g/mol. The van der Waals surface area contributed by atoms with Gasteiger partial charge < -0.3 is 14.2 Å². The minimum Gasteiger partial charge on any atom is -0.459 e. The Balaban J connectivity index is 3.39. The van der Waals surface area contributed by atoms with Gasteiger partial charge in [0.25, 0.3) is 0 Å². The highest BCUT2D eigenvalue weighted by atomic mass is 19.4. The summed E-state index contributed by atoms with van der Waals surface area (Å²) in [6, 6.07) is 2.03. The number of rotatable bonds is 13. The van der Waals surface area contributed by atoms with Gasteiger partial charge in [-0.2, -0.15) is 65.9 Å². The zero-order valence-electron chi connectivity index (χ0n) is 23.2. The van der Waals surface area contributed by atoms with E-state index in [1.807, 2.05) is 0 Å². The number of ether oxygens (including phenoxy) is 3. The van der Waals surface area contributed by atoms with Crippen molar-refractivity contribution in [2.75, 3.05) is 13.2 Å². The molecule has 0 aromatic heterocycles. The van der Waals surface area contributed by atoms with Gasteiger partial charge >= 0.3 is 53.8 Å². The number of benzene rings is 1. The maximum Gasteiger partial charge on any atom is 0.513 e. The molecule has 0 aliphatic heterocycles. The number of carbonyl (C=O) groups excluding carboxylic acids is 2. The van der Waals surface area contributed by atoms with Crippen molar-refractivity contribution in [1.29, 1.82) is 0 Å². The molecule has 1 rings (SSSR count). The summed E-state index contributed by atoms with van der Waals surface area (Å²) in [5, 5.41) is 1.31. The molecular formula is C24H24F15NO5. The first-order chi connectivity index (χ1) is 19.9. The van der Waals surface area contributed by atoms with Gasteiger partial charge in [-0.1, -0.05) is 12.1 Å². The standard InChI is InChI=1S/C24H24F15NO5/c1-5-43-16(42)44-13-8-6-12(7-9-13)10-14(15(41)45-17(2,3)4)40-11-18(25,26)19(27,28)20(29,30)21(31,32)22(33,34)23(35,36)24(37,38)39/h6-9,14,40H,5,10-11H2,1-4H3/t14-/m0/s1. The summed E-state index contributed by atoms with van der Waals surface area (Å²) in [6.07, 6.45) is -9.68. The minimum absolute atomic E-state index is 0.0597. The van der Waals surface area contributed by atoms with E-state index in [4.69, 9.17) is 9.47 Å². The second-order valence-corrected chi connectivity index (χ2v) is 10.2. The van der Waals surface area contributed by atoms with Crippen LogP contribution in [0.3, 0.4) is 0 Å². The molecule has 260 valence electrons. The van der Waals surface area contributed by atoms with E-state index in [1.54, 1.807) is 0 Å². The SMILES string of the molecule is CCOC(=O)Oc1ccc(C[C@H](NCC(F)(F)C(F)(F)C(F)(F)C(F)(F)C(F)(F)C(F)(F)C(F)(F)F)C(=O)OC(C)(C)C)cc1. The Labute approximate surface area is 244 Å². The predicted molar refractivity (Wildman–Crippen MR) is 121 cm³/mol. The van der Waals surface area contributed by atoms with Crippen LogP contribution in [0.4, 0.5) is 70.7 Å². The Morgan fingerprint density at radius 1 is 0.711 bits per heavy atom. The van der Waals surface area contributed by atoms with Crippen LogP contribution in [-0.4, -0.2) is 78.6 Å². The molecule has 45 heavy (non-hydrogen) atoms. The van der Waals surface area contributed by atoms with Crippen LogP contribution in [0, 0.1) is 0 Å². The zero-order chi connectivity index (χ0) is 35.7. The molecule has 1 aromatic carbocycles. The van der Waals surface area contributed by atoms with E-state index in [1.165, 1.54) is 33.0 Å². The summed E-state index contributed by atoms with van der Waals surface area (Å²) >= 11 is 0. The fourth-order valence-corrected chi connectivity index (χ4v) is 3.15. The molecule has 1 N–H and O–H groups in total. The summed E-state index contributed by atoms with van der Waals surface area (Å²) in [4.78, 5) is 23.9. The average Bonchev–Trinajstić information content (AvgIpc) is 2.85.